The number of pyridine rings is 1. The zero-order valence-corrected chi connectivity index (χ0v) is 15.1. The molecule has 6 nitrogen and oxygen atoms in total. The van der Waals surface area contributed by atoms with Crippen LogP contribution in [0.2, 0.25) is 0 Å². The molecule has 1 atom stereocenters. The Balaban J connectivity index is 1.89. The van der Waals surface area contributed by atoms with E-state index in [1.54, 1.807) is 7.05 Å². The summed E-state index contributed by atoms with van der Waals surface area (Å²) in [6.45, 7) is 1.27. The van der Waals surface area contributed by atoms with Crippen LogP contribution in [0.15, 0.2) is 53.5 Å². The molecule has 0 saturated heterocycles. The molecule has 1 heterocycles. The molecule has 0 radical (unpaired) electrons. The zero-order chi connectivity index (χ0) is 18.1. The zero-order valence-electron chi connectivity index (χ0n) is 15.1. The van der Waals surface area contributed by atoms with Crippen molar-refractivity contribution in [3.63, 3.8) is 0 Å². The third-order valence-corrected chi connectivity index (χ3v) is 3.92. The number of hydrogen-bond donors (Lipinski definition) is 3. The molecule has 3 N–H and O–H groups in total. The number of hydrogen-bond acceptors (Lipinski definition) is 4. The van der Waals surface area contributed by atoms with Crippen LogP contribution in [-0.2, 0) is 6.54 Å². The molecule has 1 aromatic carbocycles. The van der Waals surface area contributed by atoms with E-state index in [9.17, 15) is 5.11 Å². The molecule has 1 unspecified atom stereocenters. The van der Waals surface area contributed by atoms with Gasteiger partial charge in [-0.25, -0.2) is 4.98 Å². The first kappa shape index (κ1) is 18.7. The molecule has 0 amide bonds. The molecule has 0 bridgehead atoms. The summed E-state index contributed by atoms with van der Waals surface area (Å²) in [4.78, 5) is 10.8. The molecule has 2 aromatic rings. The lowest BCUT2D eigenvalue weighted by atomic mass is 10.0. The van der Waals surface area contributed by atoms with Crippen LogP contribution in [0.25, 0.3) is 0 Å². The Kier molecular flexibility index (Phi) is 7.22. The van der Waals surface area contributed by atoms with Gasteiger partial charge in [0.15, 0.2) is 5.96 Å². The van der Waals surface area contributed by atoms with E-state index in [-0.39, 0.29) is 12.5 Å². The lowest BCUT2D eigenvalue weighted by Gasteiger charge is -2.18. The summed E-state index contributed by atoms with van der Waals surface area (Å²) in [6, 6.07) is 15.9. The van der Waals surface area contributed by atoms with Gasteiger partial charge in [-0.05, 0) is 17.7 Å². The Labute approximate surface area is 149 Å². The molecule has 25 heavy (non-hydrogen) atoms. The first-order chi connectivity index (χ1) is 12.1. The molecule has 0 saturated carbocycles. The van der Waals surface area contributed by atoms with Crippen LogP contribution in [0.3, 0.4) is 0 Å². The van der Waals surface area contributed by atoms with Gasteiger partial charge in [0.25, 0.3) is 0 Å². The molecule has 0 aliphatic rings. The first-order valence-corrected chi connectivity index (χ1v) is 8.37. The number of aliphatic hydroxyl groups is 1. The molecule has 1 aromatic heterocycles. The van der Waals surface area contributed by atoms with Crippen LogP contribution >= 0.6 is 0 Å². The average molecular weight is 341 g/mol. The third-order valence-electron chi connectivity index (χ3n) is 3.92. The van der Waals surface area contributed by atoms with Crippen LogP contribution in [0.1, 0.15) is 17.2 Å². The summed E-state index contributed by atoms with van der Waals surface area (Å²) >= 11 is 0. The molecular weight excluding hydrogens is 314 g/mol. The van der Waals surface area contributed by atoms with Gasteiger partial charge in [-0.1, -0.05) is 36.4 Å². The van der Waals surface area contributed by atoms with Crippen LogP contribution in [0.4, 0.5) is 5.82 Å². The fraction of sp³-hybridized carbons (Fsp3) is 0.368. The number of aliphatic imine (C=N–C) groups is 1. The highest BCUT2D eigenvalue weighted by atomic mass is 16.3. The van der Waals surface area contributed by atoms with Crippen molar-refractivity contribution in [3.8, 4) is 0 Å². The van der Waals surface area contributed by atoms with Gasteiger partial charge in [0.05, 0.1) is 18.8 Å². The summed E-state index contributed by atoms with van der Waals surface area (Å²) in [5.41, 5.74) is 2.05. The Bertz CT molecular complexity index is 673. The first-order valence-electron chi connectivity index (χ1n) is 8.37. The van der Waals surface area contributed by atoms with Gasteiger partial charge in [0, 0.05) is 33.6 Å². The quantitative estimate of drug-likeness (QED) is 0.527. The average Bonchev–Trinajstić information content (AvgIpc) is 2.65. The molecule has 0 fully saturated rings. The third kappa shape index (κ3) is 5.76. The van der Waals surface area contributed by atoms with Gasteiger partial charge in [-0.2, -0.15) is 0 Å². The van der Waals surface area contributed by atoms with Crippen LogP contribution in [0.5, 0.6) is 0 Å². The molecule has 0 aliphatic heterocycles. The van der Waals surface area contributed by atoms with Crippen molar-refractivity contribution in [2.75, 3.05) is 39.2 Å². The summed E-state index contributed by atoms with van der Waals surface area (Å²) in [6.07, 6.45) is 0. The maximum Gasteiger partial charge on any atom is 0.191 e. The minimum Gasteiger partial charge on any atom is -0.396 e. The summed E-state index contributed by atoms with van der Waals surface area (Å²) < 4.78 is 0. The van der Waals surface area contributed by atoms with E-state index in [1.807, 2.05) is 67.5 Å². The van der Waals surface area contributed by atoms with Gasteiger partial charge in [-0.3, -0.25) is 4.99 Å². The predicted octanol–water partition coefficient (Wildman–Crippen LogP) is 1.59. The van der Waals surface area contributed by atoms with E-state index in [0.29, 0.717) is 19.0 Å². The molecule has 2 rings (SSSR count). The van der Waals surface area contributed by atoms with E-state index in [0.717, 1.165) is 17.1 Å². The van der Waals surface area contributed by atoms with E-state index in [2.05, 4.69) is 20.6 Å². The van der Waals surface area contributed by atoms with Crippen molar-refractivity contribution < 1.29 is 5.11 Å². The number of benzene rings is 1. The van der Waals surface area contributed by atoms with E-state index in [4.69, 9.17) is 0 Å². The smallest absolute Gasteiger partial charge is 0.191 e. The number of nitrogens with one attached hydrogen (secondary N) is 2. The highest BCUT2D eigenvalue weighted by Crippen LogP contribution is 2.13. The number of nitrogens with zero attached hydrogens (tertiary/aromatic N) is 3. The Morgan fingerprint density at radius 1 is 1.12 bits per heavy atom. The second-order valence-corrected chi connectivity index (χ2v) is 5.98. The lowest BCUT2D eigenvalue weighted by molar-refractivity contribution is 0.265. The van der Waals surface area contributed by atoms with Gasteiger partial charge in [-0.15, -0.1) is 0 Å². The number of aliphatic hydroxyl groups excluding tert-OH is 1. The maximum atomic E-state index is 9.64. The Morgan fingerprint density at radius 3 is 2.52 bits per heavy atom. The maximum absolute atomic E-state index is 9.64. The normalized spacial score (nSPS) is 12.6. The molecule has 6 heteroatoms. The van der Waals surface area contributed by atoms with Crippen molar-refractivity contribution >= 4 is 11.8 Å². The van der Waals surface area contributed by atoms with Gasteiger partial charge < -0.3 is 20.6 Å². The lowest BCUT2D eigenvalue weighted by Crippen LogP contribution is -2.39. The van der Waals surface area contributed by atoms with Crippen molar-refractivity contribution in [2.24, 2.45) is 4.99 Å². The fourth-order valence-corrected chi connectivity index (χ4v) is 2.44. The predicted molar refractivity (Wildman–Crippen MR) is 103 cm³/mol. The van der Waals surface area contributed by atoms with Crippen molar-refractivity contribution in [2.45, 2.75) is 12.5 Å². The van der Waals surface area contributed by atoms with Crippen LogP contribution in [0, 0.1) is 0 Å². The molecule has 0 spiro atoms. The monoisotopic (exact) mass is 341 g/mol. The molecule has 134 valence electrons. The topological polar surface area (TPSA) is 72.8 Å². The van der Waals surface area contributed by atoms with Gasteiger partial charge >= 0.3 is 0 Å². The summed E-state index contributed by atoms with van der Waals surface area (Å²) in [5, 5.41) is 16.2. The van der Waals surface area contributed by atoms with E-state index >= 15 is 0 Å². The highest BCUT2D eigenvalue weighted by molar-refractivity contribution is 5.79. The number of guanidine groups is 1. The van der Waals surface area contributed by atoms with Gasteiger partial charge in [0.2, 0.25) is 0 Å². The molecular formula is C19H27N5O. The Morgan fingerprint density at radius 2 is 1.88 bits per heavy atom. The van der Waals surface area contributed by atoms with Crippen LogP contribution in [-0.4, -0.2) is 50.3 Å². The standard InChI is InChI=1S/C19H27N5O/c1-20-19(21-12-16(14-25)15-8-5-4-6-9-15)22-13-17-10-7-11-18(23-17)24(2)3/h4-11,16,25H,12-14H2,1-3H3,(H2,20,21,22). The van der Waals surface area contributed by atoms with Crippen LogP contribution < -0.4 is 15.5 Å². The summed E-state index contributed by atoms with van der Waals surface area (Å²) in [7, 11) is 5.67. The summed E-state index contributed by atoms with van der Waals surface area (Å²) in [5.74, 6) is 1.63. The van der Waals surface area contributed by atoms with E-state index < -0.39 is 0 Å². The minimum atomic E-state index is 0.0231. The number of anilines is 1. The second-order valence-electron chi connectivity index (χ2n) is 5.98. The molecule has 0 aliphatic carbocycles. The second kappa shape index (κ2) is 9.64. The Hall–Kier alpha value is -2.60. The van der Waals surface area contributed by atoms with E-state index in [1.165, 1.54) is 0 Å². The van der Waals surface area contributed by atoms with Gasteiger partial charge in [0.1, 0.15) is 5.82 Å². The number of aromatic nitrogens is 1. The fourth-order valence-electron chi connectivity index (χ4n) is 2.44. The SMILES string of the molecule is CN=C(NCc1cccc(N(C)C)n1)NCC(CO)c1ccccc1. The largest absolute Gasteiger partial charge is 0.396 e. The van der Waals surface area contributed by atoms with Crippen molar-refractivity contribution in [3.05, 3.63) is 59.8 Å². The highest BCUT2D eigenvalue weighted by Gasteiger charge is 2.11. The van der Waals surface area contributed by atoms with Crippen molar-refractivity contribution in [1.82, 2.24) is 15.6 Å². The number of rotatable bonds is 7. The van der Waals surface area contributed by atoms with Crippen molar-refractivity contribution in [1.29, 1.82) is 0 Å². The minimum absolute atomic E-state index is 0.0231.